The molecule has 90 valence electrons. The molecule has 0 bridgehead atoms. The Morgan fingerprint density at radius 3 is 3.06 bits per heavy atom. The van der Waals surface area contributed by atoms with Crippen molar-refractivity contribution >= 4 is 11.8 Å². The van der Waals surface area contributed by atoms with Crippen molar-refractivity contribution < 1.29 is 14.3 Å². The molecule has 2 aliphatic rings. The highest BCUT2D eigenvalue weighted by molar-refractivity contribution is 5.90. The van der Waals surface area contributed by atoms with Crippen LogP contribution in [0.25, 0.3) is 0 Å². The van der Waals surface area contributed by atoms with Gasteiger partial charge in [-0.15, -0.1) is 0 Å². The average molecular weight is 227 g/mol. The fourth-order valence-electron chi connectivity index (χ4n) is 2.08. The van der Waals surface area contributed by atoms with Gasteiger partial charge in [-0.3, -0.25) is 9.59 Å². The maximum atomic E-state index is 12.0. The van der Waals surface area contributed by atoms with Crippen LogP contribution in [0.4, 0.5) is 0 Å². The van der Waals surface area contributed by atoms with E-state index in [0.29, 0.717) is 39.1 Å². The Morgan fingerprint density at radius 1 is 1.62 bits per heavy atom. The first-order valence-corrected chi connectivity index (χ1v) is 5.60. The number of nitrogens with zero attached hydrogens (tertiary/aromatic N) is 1. The summed E-state index contributed by atoms with van der Waals surface area (Å²) in [5.41, 5.74) is 5.51. The largest absolute Gasteiger partial charge is 0.373 e. The number of amides is 2. The van der Waals surface area contributed by atoms with Crippen molar-refractivity contribution in [3.63, 3.8) is 0 Å². The van der Waals surface area contributed by atoms with Gasteiger partial charge in [0, 0.05) is 26.1 Å². The van der Waals surface area contributed by atoms with Gasteiger partial charge in [-0.25, -0.2) is 0 Å². The van der Waals surface area contributed by atoms with E-state index in [9.17, 15) is 9.59 Å². The van der Waals surface area contributed by atoms with Crippen molar-refractivity contribution in [2.24, 2.45) is 5.73 Å². The highest BCUT2D eigenvalue weighted by Crippen LogP contribution is 2.12. The number of hydrogen-bond donors (Lipinski definition) is 2. The number of nitrogens with one attached hydrogen (secondary N) is 1. The molecule has 0 spiro atoms. The predicted molar refractivity (Wildman–Crippen MR) is 56.5 cm³/mol. The zero-order valence-corrected chi connectivity index (χ0v) is 9.15. The number of hydrogen-bond acceptors (Lipinski definition) is 4. The summed E-state index contributed by atoms with van der Waals surface area (Å²) in [7, 11) is 0. The minimum absolute atomic E-state index is 0.00685. The van der Waals surface area contributed by atoms with Crippen LogP contribution in [0.5, 0.6) is 0 Å². The summed E-state index contributed by atoms with van der Waals surface area (Å²) in [6, 6.07) is -0.343. The standard InChI is InChI=1S/C10H17N3O3/c11-5-7-6-13(3-4-16-7)10(15)8-1-2-9(14)12-8/h7-8H,1-6,11H2,(H,12,14)/t7?,8-/m0/s1. The maximum absolute atomic E-state index is 12.0. The molecule has 6 heteroatoms. The van der Waals surface area contributed by atoms with Crippen molar-refractivity contribution in [2.75, 3.05) is 26.2 Å². The van der Waals surface area contributed by atoms with Crippen LogP contribution < -0.4 is 11.1 Å². The molecule has 0 aromatic rings. The van der Waals surface area contributed by atoms with E-state index in [2.05, 4.69) is 5.32 Å². The monoisotopic (exact) mass is 227 g/mol. The molecular weight excluding hydrogens is 210 g/mol. The third-order valence-corrected chi connectivity index (χ3v) is 3.01. The Balaban J connectivity index is 1.91. The van der Waals surface area contributed by atoms with Crippen LogP contribution >= 0.6 is 0 Å². The lowest BCUT2D eigenvalue weighted by molar-refractivity contribution is -0.141. The van der Waals surface area contributed by atoms with Crippen LogP contribution in [0, 0.1) is 0 Å². The van der Waals surface area contributed by atoms with Crippen LogP contribution in [0.2, 0.25) is 0 Å². The quantitative estimate of drug-likeness (QED) is 0.598. The van der Waals surface area contributed by atoms with E-state index in [0.717, 1.165) is 0 Å². The number of ether oxygens (including phenoxy) is 1. The third kappa shape index (κ3) is 2.33. The number of morpholine rings is 1. The maximum Gasteiger partial charge on any atom is 0.245 e. The van der Waals surface area contributed by atoms with Crippen LogP contribution in [0.15, 0.2) is 0 Å². The summed E-state index contributed by atoms with van der Waals surface area (Å²) in [6.07, 6.45) is 0.971. The molecule has 2 amide bonds. The third-order valence-electron chi connectivity index (χ3n) is 3.01. The highest BCUT2D eigenvalue weighted by atomic mass is 16.5. The average Bonchev–Trinajstić information content (AvgIpc) is 2.75. The van der Waals surface area contributed by atoms with Gasteiger partial charge in [-0.1, -0.05) is 0 Å². The summed E-state index contributed by atoms with van der Waals surface area (Å²) < 4.78 is 5.39. The molecule has 16 heavy (non-hydrogen) atoms. The van der Waals surface area contributed by atoms with Crippen LogP contribution in [0.3, 0.4) is 0 Å². The Kier molecular flexibility index (Phi) is 3.40. The van der Waals surface area contributed by atoms with Crippen molar-refractivity contribution in [1.29, 1.82) is 0 Å². The van der Waals surface area contributed by atoms with Crippen molar-refractivity contribution in [2.45, 2.75) is 25.0 Å². The summed E-state index contributed by atoms with van der Waals surface area (Å²) in [5.74, 6) is -0.0467. The number of rotatable bonds is 2. The second-order valence-corrected chi connectivity index (χ2v) is 4.17. The predicted octanol–water partition coefficient (Wildman–Crippen LogP) is -1.55. The lowest BCUT2D eigenvalue weighted by Gasteiger charge is -2.33. The normalized spacial score (nSPS) is 30.3. The lowest BCUT2D eigenvalue weighted by Crippen LogP contribution is -2.53. The molecule has 0 aromatic carbocycles. The Labute approximate surface area is 94.1 Å². The van der Waals surface area contributed by atoms with Crippen LogP contribution in [-0.2, 0) is 14.3 Å². The molecule has 2 heterocycles. The number of carbonyl (C=O) groups excluding carboxylic acids is 2. The van der Waals surface area contributed by atoms with Gasteiger partial charge in [0.15, 0.2) is 0 Å². The molecule has 3 N–H and O–H groups in total. The summed E-state index contributed by atoms with van der Waals surface area (Å²) >= 11 is 0. The van der Waals surface area contributed by atoms with E-state index in [1.807, 2.05) is 0 Å². The molecule has 2 saturated heterocycles. The van der Waals surface area contributed by atoms with Crippen LogP contribution in [-0.4, -0.2) is 55.1 Å². The second-order valence-electron chi connectivity index (χ2n) is 4.17. The molecule has 1 unspecified atom stereocenters. The van der Waals surface area contributed by atoms with Gasteiger partial charge in [-0.2, -0.15) is 0 Å². The zero-order valence-electron chi connectivity index (χ0n) is 9.15. The SMILES string of the molecule is NCC1CN(C(=O)[C@@H]2CCC(=O)N2)CCO1. The summed E-state index contributed by atoms with van der Waals surface area (Å²) in [6.45, 7) is 2.05. The molecule has 0 radical (unpaired) electrons. The number of carbonyl (C=O) groups is 2. The van der Waals surface area contributed by atoms with Gasteiger partial charge in [0.1, 0.15) is 6.04 Å². The van der Waals surface area contributed by atoms with E-state index in [4.69, 9.17) is 10.5 Å². The molecule has 2 fully saturated rings. The smallest absolute Gasteiger partial charge is 0.245 e. The van der Waals surface area contributed by atoms with Gasteiger partial charge in [-0.05, 0) is 6.42 Å². The minimum atomic E-state index is -0.343. The summed E-state index contributed by atoms with van der Waals surface area (Å²) in [4.78, 5) is 24.8. The molecule has 6 nitrogen and oxygen atoms in total. The lowest BCUT2D eigenvalue weighted by atomic mass is 10.1. The minimum Gasteiger partial charge on any atom is -0.373 e. The van der Waals surface area contributed by atoms with E-state index in [-0.39, 0.29) is 24.0 Å². The topological polar surface area (TPSA) is 84.7 Å². The fraction of sp³-hybridized carbons (Fsp3) is 0.800. The molecular formula is C10H17N3O3. The zero-order chi connectivity index (χ0) is 11.5. The van der Waals surface area contributed by atoms with Gasteiger partial charge >= 0.3 is 0 Å². The van der Waals surface area contributed by atoms with Crippen molar-refractivity contribution in [3.05, 3.63) is 0 Å². The van der Waals surface area contributed by atoms with Gasteiger partial charge < -0.3 is 20.7 Å². The molecule has 2 rings (SSSR count). The van der Waals surface area contributed by atoms with E-state index < -0.39 is 0 Å². The molecule has 0 saturated carbocycles. The first-order chi connectivity index (χ1) is 7.70. The molecule has 2 atom stereocenters. The first kappa shape index (κ1) is 11.3. The van der Waals surface area contributed by atoms with Gasteiger partial charge in [0.25, 0.3) is 0 Å². The van der Waals surface area contributed by atoms with Crippen LogP contribution in [0.1, 0.15) is 12.8 Å². The molecule has 0 aliphatic carbocycles. The Morgan fingerprint density at radius 2 is 2.44 bits per heavy atom. The van der Waals surface area contributed by atoms with Gasteiger partial charge in [0.05, 0.1) is 12.7 Å². The number of nitrogens with two attached hydrogens (primary N) is 1. The fourth-order valence-corrected chi connectivity index (χ4v) is 2.08. The second kappa shape index (κ2) is 4.80. The Bertz CT molecular complexity index is 295. The Hall–Kier alpha value is -1.14. The van der Waals surface area contributed by atoms with E-state index in [1.165, 1.54) is 0 Å². The summed E-state index contributed by atoms with van der Waals surface area (Å²) in [5, 5.41) is 2.68. The molecule has 0 aromatic heterocycles. The molecule has 2 aliphatic heterocycles. The first-order valence-electron chi connectivity index (χ1n) is 5.60. The highest BCUT2D eigenvalue weighted by Gasteiger charge is 2.32. The van der Waals surface area contributed by atoms with Crippen molar-refractivity contribution in [1.82, 2.24) is 10.2 Å². The van der Waals surface area contributed by atoms with E-state index >= 15 is 0 Å². The van der Waals surface area contributed by atoms with Gasteiger partial charge in [0.2, 0.25) is 11.8 Å². The van der Waals surface area contributed by atoms with E-state index in [1.54, 1.807) is 4.90 Å². The van der Waals surface area contributed by atoms with Crippen molar-refractivity contribution in [3.8, 4) is 0 Å².